The van der Waals surface area contributed by atoms with Crippen LogP contribution in [0, 0.1) is 5.82 Å². The van der Waals surface area contributed by atoms with Gasteiger partial charge in [-0.25, -0.2) is 19.3 Å². The SMILES string of the molecule is C=C(C)/C=C\C(=CC)Nc1ccnc(-c2c(C(F)(F)F)nc3ccc(F)cn23)n1. The predicted octanol–water partition coefficient (Wildman–Crippen LogP) is 5.40. The molecular formula is C20H17F4N5. The highest BCUT2D eigenvalue weighted by Gasteiger charge is 2.39. The Morgan fingerprint density at radius 1 is 1.17 bits per heavy atom. The molecule has 0 aliphatic heterocycles. The summed E-state index contributed by atoms with van der Waals surface area (Å²) in [4.78, 5) is 11.7. The number of nitrogens with zero attached hydrogens (tertiary/aromatic N) is 4. The standard InChI is InChI=1S/C20H17F4N5/c1-4-14(7-5-12(2)3)26-15-9-10-25-19(27-15)17-18(20(22,23)24)28-16-8-6-13(21)11-29(16)17/h4-11H,2H2,1,3H3,(H,25,26,27)/b7-5-,14-4?. The molecule has 3 aromatic heterocycles. The van der Waals surface area contributed by atoms with Crippen LogP contribution in [-0.2, 0) is 6.18 Å². The van der Waals surface area contributed by atoms with Crippen molar-refractivity contribution in [3.05, 3.63) is 78.2 Å². The Balaban J connectivity index is 2.10. The number of fused-ring (bicyclic) bond motifs is 1. The molecule has 0 saturated heterocycles. The topological polar surface area (TPSA) is 55.1 Å². The van der Waals surface area contributed by atoms with Gasteiger partial charge in [-0.3, -0.25) is 4.40 Å². The monoisotopic (exact) mass is 403 g/mol. The minimum atomic E-state index is -4.76. The van der Waals surface area contributed by atoms with Gasteiger partial charge in [0.1, 0.15) is 23.0 Å². The lowest BCUT2D eigenvalue weighted by molar-refractivity contribution is -0.140. The molecule has 9 heteroatoms. The lowest BCUT2D eigenvalue weighted by Crippen LogP contribution is -2.09. The quantitative estimate of drug-likeness (QED) is 0.458. The van der Waals surface area contributed by atoms with Crippen LogP contribution in [0.2, 0.25) is 0 Å². The highest BCUT2D eigenvalue weighted by molar-refractivity contribution is 5.63. The molecule has 3 rings (SSSR count). The second kappa shape index (κ2) is 7.86. The van der Waals surface area contributed by atoms with Crippen molar-refractivity contribution in [3.8, 4) is 11.5 Å². The van der Waals surface area contributed by atoms with E-state index >= 15 is 0 Å². The number of hydrogen-bond acceptors (Lipinski definition) is 4. The van der Waals surface area contributed by atoms with Crippen LogP contribution in [0.25, 0.3) is 17.2 Å². The largest absolute Gasteiger partial charge is 0.435 e. The van der Waals surface area contributed by atoms with Crippen LogP contribution in [0.5, 0.6) is 0 Å². The van der Waals surface area contributed by atoms with Crippen molar-refractivity contribution in [2.45, 2.75) is 20.0 Å². The van der Waals surface area contributed by atoms with Crippen molar-refractivity contribution in [1.29, 1.82) is 0 Å². The van der Waals surface area contributed by atoms with Crippen LogP contribution >= 0.6 is 0 Å². The van der Waals surface area contributed by atoms with E-state index in [9.17, 15) is 17.6 Å². The molecule has 5 nitrogen and oxygen atoms in total. The van der Waals surface area contributed by atoms with Crippen LogP contribution in [0.3, 0.4) is 0 Å². The number of imidazole rings is 1. The van der Waals surface area contributed by atoms with Gasteiger partial charge < -0.3 is 5.32 Å². The van der Waals surface area contributed by atoms with Crippen molar-refractivity contribution in [1.82, 2.24) is 19.4 Å². The molecule has 0 unspecified atom stereocenters. The van der Waals surface area contributed by atoms with Crippen LogP contribution in [0.4, 0.5) is 23.4 Å². The molecule has 3 heterocycles. The van der Waals surface area contributed by atoms with E-state index in [2.05, 4.69) is 26.8 Å². The maximum atomic E-state index is 13.7. The van der Waals surface area contributed by atoms with Crippen molar-refractivity contribution in [3.63, 3.8) is 0 Å². The summed E-state index contributed by atoms with van der Waals surface area (Å²) in [5.74, 6) is -0.672. The van der Waals surface area contributed by atoms with Gasteiger partial charge in [-0.1, -0.05) is 24.3 Å². The van der Waals surface area contributed by atoms with Crippen LogP contribution in [-0.4, -0.2) is 19.4 Å². The third-order valence-corrected chi connectivity index (χ3v) is 3.85. The number of hydrogen-bond donors (Lipinski definition) is 1. The smallest absolute Gasteiger partial charge is 0.340 e. The first-order valence-corrected chi connectivity index (χ1v) is 8.54. The molecule has 0 amide bonds. The van der Waals surface area contributed by atoms with Gasteiger partial charge >= 0.3 is 6.18 Å². The van der Waals surface area contributed by atoms with E-state index in [0.29, 0.717) is 5.70 Å². The van der Waals surface area contributed by atoms with Gasteiger partial charge in [0.25, 0.3) is 0 Å². The zero-order valence-electron chi connectivity index (χ0n) is 15.6. The molecule has 29 heavy (non-hydrogen) atoms. The first kappa shape index (κ1) is 20.2. The number of rotatable bonds is 5. The van der Waals surface area contributed by atoms with Gasteiger partial charge in [0.15, 0.2) is 11.5 Å². The second-order valence-corrected chi connectivity index (χ2v) is 6.20. The Kier molecular flexibility index (Phi) is 5.49. The van der Waals surface area contributed by atoms with Crippen molar-refractivity contribution in [2.75, 3.05) is 5.32 Å². The number of aromatic nitrogens is 4. The number of anilines is 1. The fourth-order valence-electron chi connectivity index (χ4n) is 2.56. The molecular weight excluding hydrogens is 386 g/mol. The third kappa shape index (κ3) is 4.50. The Hall–Kier alpha value is -3.49. The molecule has 0 saturated carbocycles. The number of allylic oxidation sites excluding steroid dienone is 4. The summed E-state index contributed by atoms with van der Waals surface area (Å²) < 4.78 is 55.3. The maximum Gasteiger partial charge on any atom is 0.435 e. The average Bonchev–Trinajstić information content (AvgIpc) is 3.04. The highest BCUT2D eigenvalue weighted by Crippen LogP contribution is 2.36. The first-order chi connectivity index (χ1) is 13.7. The minimum absolute atomic E-state index is 0.0609. The first-order valence-electron chi connectivity index (χ1n) is 8.54. The van der Waals surface area contributed by atoms with Gasteiger partial charge in [-0.2, -0.15) is 13.2 Å². The van der Waals surface area contributed by atoms with E-state index in [1.54, 1.807) is 25.2 Å². The number of pyridine rings is 1. The fraction of sp³-hybridized carbons (Fsp3) is 0.150. The summed E-state index contributed by atoms with van der Waals surface area (Å²) in [6, 6.07) is 3.71. The molecule has 0 bridgehead atoms. The van der Waals surface area contributed by atoms with Crippen molar-refractivity contribution >= 4 is 11.5 Å². The van der Waals surface area contributed by atoms with Gasteiger partial charge in [-0.15, -0.1) is 0 Å². The zero-order valence-corrected chi connectivity index (χ0v) is 15.6. The van der Waals surface area contributed by atoms with Crippen LogP contribution in [0.1, 0.15) is 19.5 Å². The second-order valence-electron chi connectivity index (χ2n) is 6.20. The summed E-state index contributed by atoms with van der Waals surface area (Å²) in [7, 11) is 0. The molecule has 0 aliphatic carbocycles. The minimum Gasteiger partial charge on any atom is -0.340 e. The Morgan fingerprint density at radius 3 is 2.59 bits per heavy atom. The summed E-state index contributed by atoms with van der Waals surface area (Å²) in [6.07, 6.45) is 2.78. The summed E-state index contributed by atoms with van der Waals surface area (Å²) >= 11 is 0. The van der Waals surface area contributed by atoms with Gasteiger partial charge in [0.2, 0.25) is 0 Å². The molecule has 1 N–H and O–H groups in total. The Bertz CT molecular complexity index is 1130. The van der Waals surface area contributed by atoms with Gasteiger partial charge in [0, 0.05) is 18.1 Å². The number of nitrogens with one attached hydrogen (secondary N) is 1. The van der Waals surface area contributed by atoms with E-state index in [4.69, 9.17) is 0 Å². The summed E-state index contributed by atoms with van der Waals surface area (Å²) in [5.41, 5.74) is -0.187. The Morgan fingerprint density at radius 2 is 1.93 bits per heavy atom. The van der Waals surface area contributed by atoms with E-state index in [0.717, 1.165) is 28.3 Å². The molecule has 0 spiro atoms. The molecule has 150 valence electrons. The van der Waals surface area contributed by atoms with Crippen LogP contribution < -0.4 is 5.32 Å². The third-order valence-electron chi connectivity index (χ3n) is 3.85. The highest BCUT2D eigenvalue weighted by atomic mass is 19.4. The number of alkyl halides is 3. The lowest BCUT2D eigenvalue weighted by Gasteiger charge is -2.10. The molecule has 0 radical (unpaired) electrons. The zero-order chi connectivity index (χ0) is 21.2. The normalized spacial score (nSPS) is 12.7. The lowest BCUT2D eigenvalue weighted by atomic mass is 10.2. The molecule has 0 fully saturated rings. The Labute approximate surface area is 164 Å². The van der Waals surface area contributed by atoms with E-state index in [1.165, 1.54) is 12.3 Å². The fourth-order valence-corrected chi connectivity index (χ4v) is 2.56. The molecule has 0 aliphatic rings. The predicted molar refractivity (Wildman–Crippen MR) is 103 cm³/mol. The van der Waals surface area contributed by atoms with Gasteiger partial charge in [0.05, 0.1) is 0 Å². The van der Waals surface area contributed by atoms with E-state index in [-0.39, 0.29) is 17.3 Å². The van der Waals surface area contributed by atoms with Crippen LogP contribution in [0.15, 0.2) is 66.7 Å². The van der Waals surface area contributed by atoms with Crippen molar-refractivity contribution < 1.29 is 17.6 Å². The summed E-state index contributed by atoms with van der Waals surface area (Å²) in [6.45, 7) is 7.39. The number of halogens is 4. The van der Waals surface area contributed by atoms with E-state index < -0.39 is 23.4 Å². The van der Waals surface area contributed by atoms with E-state index in [1.807, 2.05) is 6.92 Å². The van der Waals surface area contributed by atoms with Gasteiger partial charge in [-0.05, 0) is 38.1 Å². The average molecular weight is 403 g/mol. The van der Waals surface area contributed by atoms with Crippen molar-refractivity contribution in [2.24, 2.45) is 0 Å². The molecule has 0 atom stereocenters. The summed E-state index contributed by atoms with van der Waals surface area (Å²) in [5, 5.41) is 3.00. The molecule has 3 aromatic rings. The maximum absolute atomic E-state index is 13.7. The molecule has 0 aromatic carbocycles.